The molecular weight excluding hydrogens is 288 g/mol. The van der Waals surface area contributed by atoms with Gasteiger partial charge in [-0.1, -0.05) is 0 Å². The number of aryl methyl sites for hydroxylation is 1. The molecule has 3 heterocycles. The Hall–Kier alpha value is -1.92. The number of aromatic nitrogens is 2. The van der Waals surface area contributed by atoms with Crippen molar-refractivity contribution in [1.29, 1.82) is 0 Å². The van der Waals surface area contributed by atoms with Gasteiger partial charge in [0.05, 0.1) is 12.1 Å². The average Bonchev–Trinajstić information content (AvgIpc) is 3.03. The second-order valence-electron chi connectivity index (χ2n) is 4.39. The summed E-state index contributed by atoms with van der Waals surface area (Å²) in [5, 5.41) is 6.55. The Bertz CT molecular complexity index is 703. The van der Waals surface area contributed by atoms with E-state index in [9.17, 15) is 0 Å². The average molecular weight is 302 g/mol. The van der Waals surface area contributed by atoms with Gasteiger partial charge in [0.15, 0.2) is 0 Å². The van der Waals surface area contributed by atoms with Gasteiger partial charge in [-0.2, -0.15) is 4.37 Å². The quantitative estimate of drug-likeness (QED) is 0.770. The van der Waals surface area contributed by atoms with Crippen molar-refractivity contribution in [3.05, 3.63) is 46.4 Å². The molecule has 4 nitrogen and oxygen atoms in total. The summed E-state index contributed by atoms with van der Waals surface area (Å²) in [6, 6.07) is 6.02. The Kier molecular flexibility index (Phi) is 3.66. The van der Waals surface area contributed by atoms with Gasteiger partial charge in [0, 0.05) is 17.3 Å². The molecule has 0 aliphatic heterocycles. The van der Waals surface area contributed by atoms with Crippen LogP contribution in [0.15, 0.2) is 36.0 Å². The Morgan fingerprint density at radius 1 is 1.25 bits per heavy atom. The normalized spacial score (nSPS) is 10.7. The van der Waals surface area contributed by atoms with Crippen molar-refractivity contribution < 1.29 is 0 Å². The van der Waals surface area contributed by atoms with Crippen molar-refractivity contribution in [3.8, 4) is 11.1 Å². The molecule has 0 amide bonds. The molecule has 0 unspecified atom stereocenters. The highest BCUT2D eigenvalue weighted by molar-refractivity contribution is 7.11. The summed E-state index contributed by atoms with van der Waals surface area (Å²) >= 11 is 3.15. The summed E-state index contributed by atoms with van der Waals surface area (Å²) in [4.78, 5) is 5.37. The Labute approximate surface area is 125 Å². The van der Waals surface area contributed by atoms with E-state index >= 15 is 0 Å². The van der Waals surface area contributed by atoms with Gasteiger partial charge in [0.1, 0.15) is 10.8 Å². The molecule has 6 heteroatoms. The van der Waals surface area contributed by atoms with Crippen molar-refractivity contribution in [2.45, 2.75) is 13.5 Å². The summed E-state index contributed by atoms with van der Waals surface area (Å²) in [6.07, 6.45) is 3.53. The zero-order valence-corrected chi connectivity index (χ0v) is 12.6. The van der Waals surface area contributed by atoms with Crippen LogP contribution in [0, 0.1) is 6.92 Å². The number of hydrogen-bond donors (Lipinski definition) is 2. The molecule has 0 bridgehead atoms. The van der Waals surface area contributed by atoms with E-state index in [1.807, 2.05) is 12.1 Å². The Balaban J connectivity index is 1.86. The third-order valence-corrected chi connectivity index (χ3v) is 4.91. The molecule has 3 aromatic rings. The first-order valence-corrected chi connectivity index (χ1v) is 7.83. The first-order valence-electron chi connectivity index (χ1n) is 6.18. The van der Waals surface area contributed by atoms with Crippen molar-refractivity contribution in [2.75, 3.05) is 11.1 Å². The molecule has 0 aliphatic rings. The van der Waals surface area contributed by atoms with E-state index in [4.69, 9.17) is 5.73 Å². The summed E-state index contributed by atoms with van der Waals surface area (Å²) < 4.78 is 4.26. The maximum absolute atomic E-state index is 5.99. The second-order valence-corrected chi connectivity index (χ2v) is 6.16. The first kappa shape index (κ1) is 13.1. The van der Waals surface area contributed by atoms with Gasteiger partial charge in [0.25, 0.3) is 0 Å². The number of pyridine rings is 1. The molecule has 0 atom stereocenters. The molecule has 20 heavy (non-hydrogen) atoms. The molecule has 3 aromatic heterocycles. The molecule has 102 valence electrons. The number of nitrogens with one attached hydrogen (secondary N) is 1. The molecule has 0 aromatic carbocycles. The van der Waals surface area contributed by atoms with Crippen molar-refractivity contribution in [1.82, 2.24) is 9.36 Å². The van der Waals surface area contributed by atoms with Gasteiger partial charge in [-0.3, -0.25) is 4.98 Å². The van der Waals surface area contributed by atoms with Gasteiger partial charge < -0.3 is 11.1 Å². The number of nitrogen functional groups attached to an aromatic ring is 1. The maximum Gasteiger partial charge on any atom is 0.147 e. The lowest BCUT2D eigenvalue weighted by molar-refractivity contribution is 1.18. The zero-order chi connectivity index (χ0) is 13.9. The number of hydrogen-bond acceptors (Lipinski definition) is 6. The lowest BCUT2D eigenvalue weighted by atomic mass is 10.1. The van der Waals surface area contributed by atoms with Crippen molar-refractivity contribution in [3.63, 3.8) is 0 Å². The van der Waals surface area contributed by atoms with E-state index in [2.05, 4.69) is 33.0 Å². The van der Waals surface area contributed by atoms with Gasteiger partial charge in [-0.25, -0.2) is 0 Å². The first-order chi connectivity index (χ1) is 9.75. The molecule has 3 N–H and O–H groups in total. The van der Waals surface area contributed by atoms with Crippen LogP contribution < -0.4 is 11.1 Å². The molecule has 3 rings (SSSR count). The fourth-order valence-electron chi connectivity index (χ4n) is 1.97. The highest BCUT2D eigenvalue weighted by atomic mass is 32.1. The smallest absolute Gasteiger partial charge is 0.147 e. The van der Waals surface area contributed by atoms with E-state index in [1.54, 1.807) is 23.7 Å². The fourth-order valence-corrected chi connectivity index (χ4v) is 3.54. The Morgan fingerprint density at radius 3 is 2.75 bits per heavy atom. The summed E-state index contributed by atoms with van der Waals surface area (Å²) in [7, 11) is 0. The third-order valence-electron chi connectivity index (χ3n) is 3.07. The standard InChI is InChI=1S/C14H14N4S2/c1-9-4-7-19-11(9)8-17-14-12(13(15)18-20-14)10-2-5-16-6-3-10/h2-7,17H,8H2,1H3,(H2,15,18). The van der Waals surface area contributed by atoms with Crippen LogP contribution in [0.25, 0.3) is 11.1 Å². The van der Waals surface area contributed by atoms with Gasteiger partial charge >= 0.3 is 0 Å². The Morgan fingerprint density at radius 2 is 2.05 bits per heavy atom. The molecule has 0 fully saturated rings. The van der Waals surface area contributed by atoms with E-state index in [-0.39, 0.29) is 0 Å². The van der Waals surface area contributed by atoms with Gasteiger partial charge in [-0.05, 0) is 53.2 Å². The van der Waals surface area contributed by atoms with E-state index in [0.29, 0.717) is 5.82 Å². The lowest BCUT2D eigenvalue weighted by Gasteiger charge is -2.07. The minimum absolute atomic E-state index is 0.562. The predicted octanol–water partition coefficient (Wildman–Crippen LogP) is 3.77. The lowest BCUT2D eigenvalue weighted by Crippen LogP contribution is -1.99. The second kappa shape index (κ2) is 5.60. The minimum Gasteiger partial charge on any atom is -0.382 e. The molecule has 0 radical (unpaired) electrons. The number of nitrogens with two attached hydrogens (primary N) is 1. The third kappa shape index (κ3) is 2.52. The summed E-state index contributed by atoms with van der Waals surface area (Å²) in [6.45, 7) is 2.92. The largest absolute Gasteiger partial charge is 0.382 e. The zero-order valence-electron chi connectivity index (χ0n) is 11.0. The number of anilines is 2. The number of nitrogens with zero attached hydrogens (tertiary/aromatic N) is 2. The van der Waals surface area contributed by atoms with Crippen LogP contribution >= 0.6 is 22.9 Å². The van der Waals surface area contributed by atoms with Crippen LogP contribution in [0.3, 0.4) is 0 Å². The van der Waals surface area contributed by atoms with Gasteiger partial charge in [0.2, 0.25) is 0 Å². The molecule has 0 aliphatic carbocycles. The highest BCUT2D eigenvalue weighted by Gasteiger charge is 2.13. The number of thiophene rings is 1. The summed E-state index contributed by atoms with van der Waals surface area (Å²) in [5.41, 5.74) is 9.31. The van der Waals surface area contributed by atoms with Crippen LogP contribution in [0.1, 0.15) is 10.4 Å². The van der Waals surface area contributed by atoms with Crippen LogP contribution in [0.5, 0.6) is 0 Å². The molecule has 0 spiro atoms. The predicted molar refractivity (Wildman–Crippen MR) is 86.1 cm³/mol. The van der Waals surface area contributed by atoms with Crippen molar-refractivity contribution in [2.24, 2.45) is 0 Å². The van der Waals surface area contributed by atoms with Crippen LogP contribution in [-0.4, -0.2) is 9.36 Å². The van der Waals surface area contributed by atoms with Crippen molar-refractivity contribution >= 4 is 33.7 Å². The van der Waals surface area contributed by atoms with E-state index in [1.165, 1.54) is 22.0 Å². The van der Waals surface area contributed by atoms with Gasteiger partial charge in [-0.15, -0.1) is 11.3 Å². The van der Waals surface area contributed by atoms with Crippen LogP contribution in [-0.2, 0) is 6.54 Å². The molecule has 0 saturated carbocycles. The topological polar surface area (TPSA) is 63.8 Å². The highest BCUT2D eigenvalue weighted by Crippen LogP contribution is 2.36. The molecule has 0 saturated heterocycles. The molecular formula is C14H14N4S2. The number of rotatable bonds is 4. The van der Waals surface area contributed by atoms with E-state index in [0.717, 1.165) is 22.7 Å². The summed E-state index contributed by atoms with van der Waals surface area (Å²) in [5.74, 6) is 0.562. The minimum atomic E-state index is 0.562. The SMILES string of the molecule is Cc1ccsc1CNc1snc(N)c1-c1ccncc1. The van der Waals surface area contributed by atoms with Crippen LogP contribution in [0.2, 0.25) is 0 Å². The van der Waals surface area contributed by atoms with Crippen LogP contribution in [0.4, 0.5) is 10.8 Å². The monoisotopic (exact) mass is 302 g/mol. The fraction of sp³-hybridized carbons (Fsp3) is 0.143. The van der Waals surface area contributed by atoms with E-state index < -0.39 is 0 Å². The maximum atomic E-state index is 5.99.